The number of hydrogen-bond acceptors (Lipinski definition) is 3. The Kier molecular flexibility index (Phi) is 3.08. The smallest absolute Gasteiger partial charge is 0.232 e. The largest absolute Gasteiger partial charge is 0.332 e. The van der Waals surface area contributed by atoms with Crippen LogP contribution in [0.15, 0.2) is 18.9 Å². The fourth-order valence-electron chi connectivity index (χ4n) is 1.87. The number of amides is 1. The molecule has 17 heavy (non-hydrogen) atoms. The summed E-state index contributed by atoms with van der Waals surface area (Å²) >= 11 is 1.68. The summed E-state index contributed by atoms with van der Waals surface area (Å²) < 4.78 is 0. The molecule has 4 heteroatoms. The molecule has 1 amide bonds. The van der Waals surface area contributed by atoms with E-state index in [0.717, 1.165) is 18.0 Å². The van der Waals surface area contributed by atoms with Crippen LogP contribution in [-0.2, 0) is 4.79 Å². The zero-order valence-electron chi connectivity index (χ0n) is 10.6. The summed E-state index contributed by atoms with van der Waals surface area (Å²) in [6.45, 7) is 10.4. The Balaban J connectivity index is 2.14. The van der Waals surface area contributed by atoms with Crippen LogP contribution in [0.4, 0.5) is 0 Å². The molecule has 1 atom stereocenters. The SMILES string of the molecule is C=CC(C)(C)C(=O)N1CCC1c1ncc(C)s1. The van der Waals surface area contributed by atoms with Crippen molar-refractivity contribution < 1.29 is 4.79 Å². The van der Waals surface area contributed by atoms with Gasteiger partial charge < -0.3 is 4.90 Å². The van der Waals surface area contributed by atoms with E-state index in [9.17, 15) is 4.79 Å². The Morgan fingerprint density at radius 3 is 2.82 bits per heavy atom. The number of thiazole rings is 1. The minimum Gasteiger partial charge on any atom is -0.332 e. The van der Waals surface area contributed by atoms with Crippen molar-refractivity contribution in [2.45, 2.75) is 33.2 Å². The first kappa shape index (κ1) is 12.3. The topological polar surface area (TPSA) is 33.2 Å². The standard InChI is InChI=1S/C13H18N2OS/c1-5-13(3,4)12(16)15-7-6-10(15)11-14-8-9(2)17-11/h5,8,10H,1,6-7H2,2-4H3. The summed E-state index contributed by atoms with van der Waals surface area (Å²) in [5, 5.41) is 1.06. The van der Waals surface area contributed by atoms with Crippen LogP contribution >= 0.6 is 11.3 Å². The monoisotopic (exact) mass is 250 g/mol. The molecule has 0 saturated carbocycles. The van der Waals surface area contributed by atoms with Crippen LogP contribution < -0.4 is 0 Å². The van der Waals surface area contributed by atoms with Gasteiger partial charge in [0.2, 0.25) is 5.91 Å². The highest BCUT2D eigenvalue weighted by atomic mass is 32.1. The lowest BCUT2D eigenvalue weighted by atomic mass is 9.88. The molecule has 1 unspecified atom stereocenters. The molecule has 1 aromatic heterocycles. The van der Waals surface area contributed by atoms with Crippen LogP contribution in [0.2, 0.25) is 0 Å². The summed E-state index contributed by atoms with van der Waals surface area (Å²) in [6, 6.07) is 0.181. The molecule has 3 nitrogen and oxygen atoms in total. The van der Waals surface area contributed by atoms with Gasteiger partial charge in [-0.1, -0.05) is 6.08 Å². The Hall–Kier alpha value is -1.16. The lowest BCUT2D eigenvalue weighted by Crippen LogP contribution is -2.49. The molecule has 92 valence electrons. The first-order valence-corrected chi connectivity index (χ1v) is 6.64. The van der Waals surface area contributed by atoms with Crippen molar-refractivity contribution >= 4 is 17.2 Å². The molecule has 0 radical (unpaired) electrons. The van der Waals surface area contributed by atoms with E-state index >= 15 is 0 Å². The molecular formula is C13H18N2OS. The predicted molar refractivity (Wildman–Crippen MR) is 69.9 cm³/mol. The minimum atomic E-state index is -0.481. The zero-order valence-corrected chi connectivity index (χ0v) is 11.4. The number of rotatable bonds is 3. The number of likely N-dealkylation sites (tertiary alicyclic amines) is 1. The van der Waals surface area contributed by atoms with Gasteiger partial charge in [0.15, 0.2) is 0 Å². The van der Waals surface area contributed by atoms with Crippen molar-refractivity contribution in [1.82, 2.24) is 9.88 Å². The lowest BCUT2D eigenvalue weighted by molar-refractivity contribution is -0.146. The highest BCUT2D eigenvalue weighted by Gasteiger charge is 2.40. The molecule has 0 aliphatic carbocycles. The molecule has 0 aromatic carbocycles. The van der Waals surface area contributed by atoms with Gasteiger partial charge in [-0.3, -0.25) is 4.79 Å². The van der Waals surface area contributed by atoms with Crippen LogP contribution in [0, 0.1) is 12.3 Å². The van der Waals surface area contributed by atoms with Gasteiger partial charge in [-0.15, -0.1) is 17.9 Å². The average Bonchev–Trinajstić information content (AvgIpc) is 2.63. The van der Waals surface area contributed by atoms with Crippen molar-refractivity contribution in [1.29, 1.82) is 0 Å². The summed E-state index contributed by atoms with van der Waals surface area (Å²) in [5.74, 6) is 0.150. The number of aryl methyl sites for hydroxylation is 1. The molecule has 0 N–H and O–H groups in total. The van der Waals surface area contributed by atoms with Crippen LogP contribution in [0.25, 0.3) is 0 Å². The maximum Gasteiger partial charge on any atom is 0.232 e. The molecule has 2 heterocycles. The molecule has 1 aliphatic rings. The molecule has 2 rings (SSSR count). The van der Waals surface area contributed by atoms with Gasteiger partial charge in [-0.25, -0.2) is 4.98 Å². The Bertz CT molecular complexity index is 450. The molecule has 1 aromatic rings. The third kappa shape index (κ3) is 2.14. The van der Waals surface area contributed by atoms with Crippen molar-refractivity contribution in [2.24, 2.45) is 5.41 Å². The predicted octanol–water partition coefficient (Wildman–Crippen LogP) is 2.94. The van der Waals surface area contributed by atoms with Gasteiger partial charge in [0.05, 0.1) is 11.5 Å². The van der Waals surface area contributed by atoms with Crippen molar-refractivity contribution in [3.8, 4) is 0 Å². The van der Waals surface area contributed by atoms with E-state index < -0.39 is 5.41 Å². The second kappa shape index (κ2) is 4.26. The number of hydrogen-bond donors (Lipinski definition) is 0. The number of carbonyl (C=O) groups is 1. The van der Waals surface area contributed by atoms with E-state index in [2.05, 4.69) is 11.6 Å². The molecule has 0 spiro atoms. The molecule has 1 saturated heterocycles. The number of carbonyl (C=O) groups excluding carboxylic acids is 1. The summed E-state index contributed by atoms with van der Waals surface area (Å²) in [6.07, 6.45) is 4.61. The molecule has 1 aliphatic heterocycles. The lowest BCUT2D eigenvalue weighted by Gasteiger charge is -2.43. The van der Waals surface area contributed by atoms with Crippen molar-refractivity contribution in [3.05, 3.63) is 28.7 Å². The van der Waals surface area contributed by atoms with E-state index in [1.165, 1.54) is 4.88 Å². The van der Waals surface area contributed by atoms with E-state index in [-0.39, 0.29) is 11.9 Å². The third-order valence-corrected chi connectivity index (χ3v) is 4.28. The normalized spacial score (nSPS) is 19.9. The van der Waals surface area contributed by atoms with Gasteiger partial charge >= 0.3 is 0 Å². The molecular weight excluding hydrogens is 232 g/mol. The Morgan fingerprint density at radius 1 is 1.71 bits per heavy atom. The van der Waals surface area contributed by atoms with Crippen LogP contribution in [0.3, 0.4) is 0 Å². The van der Waals surface area contributed by atoms with E-state index in [0.29, 0.717) is 0 Å². The van der Waals surface area contributed by atoms with E-state index in [1.807, 2.05) is 31.9 Å². The van der Waals surface area contributed by atoms with Crippen LogP contribution in [-0.4, -0.2) is 22.3 Å². The Labute approximate surface area is 106 Å². The van der Waals surface area contributed by atoms with Gasteiger partial charge in [0.1, 0.15) is 5.01 Å². The van der Waals surface area contributed by atoms with Crippen molar-refractivity contribution in [3.63, 3.8) is 0 Å². The van der Waals surface area contributed by atoms with Gasteiger partial charge in [0, 0.05) is 17.6 Å². The average molecular weight is 250 g/mol. The van der Waals surface area contributed by atoms with Crippen molar-refractivity contribution in [2.75, 3.05) is 6.54 Å². The van der Waals surface area contributed by atoms with Gasteiger partial charge in [-0.05, 0) is 27.2 Å². The first-order chi connectivity index (χ1) is 7.95. The quantitative estimate of drug-likeness (QED) is 0.773. The fourth-order valence-corrected chi connectivity index (χ4v) is 2.79. The minimum absolute atomic E-state index is 0.150. The van der Waals surface area contributed by atoms with E-state index in [4.69, 9.17) is 0 Å². The highest BCUT2D eigenvalue weighted by molar-refractivity contribution is 7.11. The maximum atomic E-state index is 12.3. The van der Waals surface area contributed by atoms with Crippen LogP contribution in [0.5, 0.6) is 0 Å². The summed E-state index contributed by atoms with van der Waals surface area (Å²) in [4.78, 5) is 19.8. The number of nitrogens with zero attached hydrogens (tertiary/aromatic N) is 2. The zero-order chi connectivity index (χ0) is 12.6. The maximum absolute atomic E-state index is 12.3. The van der Waals surface area contributed by atoms with Crippen LogP contribution in [0.1, 0.15) is 36.2 Å². The van der Waals surface area contributed by atoms with Gasteiger partial charge in [0.25, 0.3) is 0 Å². The van der Waals surface area contributed by atoms with E-state index in [1.54, 1.807) is 17.4 Å². The first-order valence-electron chi connectivity index (χ1n) is 5.82. The highest BCUT2D eigenvalue weighted by Crippen LogP contribution is 2.38. The second-order valence-electron chi connectivity index (χ2n) is 5.04. The molecule has 0 bridgehead atoms. The Morgan fingerprint density at radius 2 is 2.41 bits per heavy atom. The second-order valence-corrected chi connectivity index (χ2v) is 6.30. The van der Waals surface area contributed by atoms with Gasteiger partial charge in [-0.2, -0.15) is 0 Å². The molecule has 1 fully saturated rings. The third-order valence-electron chi connectivity index (χ3n) is 3.27. The fraction of sp³-hybridized carbons (Fsp3) is 0.538. The summed E-state index contributed by atoms with van der Waals surface area (Å²) in [5.41, 5.74) is -0.481. The number of aromatic nitrogens is 1. The summed E-state index contributed by atoms with van der Waals surface area (Å²) in [7, 11) is 0.